The number of morpholine rings is 1. The summed E-state index contributed by atoms with van der Waals surface area (Å²) in [6.07, 6.45) is -1.17. The zero-order valence-corrected chi connectivity index (χ0v) is 17.9. The van der Waals surface area contributed by atoms with Crippen LogP contribution < -0.4 is 10.8 Å². The molecule has 0 aliphatic carbocycles. The zero-order chi connectivity index (χ0) is 22.9. The minimum atomic E-state index is -1.27. The molecule has 1 heterocycles. The number of aliphatic hydroxyl groups excluding tert-OH is 1. The largest absolute Gasteiger partial charge is 0.391 e. The van der Waals surface area contributed by atoms with Crippen molar-refractivity contribution < 1.29 is 24.6 Å². The molecule has 1 saturated heterocycles. The number of hydroxylamine groups is 1. The van der Waals surface area contributed by atoms with Crippen LogP contribution in [-0.4, -0.2) is 65.5 Å². The van der Waals surface area contributed by atoms with Gasteiger partial charge in [-0.1, -0.05) is 31.4 Å². The van der Waals surface area contributed by atoms with Crippen molar-refractivity contribution in [3.05, 3.63) is 70.8 Å². The summed E-state index contributed by atoms with van der Waals surface area (Å²) in [4.78, 5) is 26.2. The second-order valence-electron chi connectivity index (χ2n) is 7.58. The molecular formula is C25H31N3O5. The van der Waals surface area contributed by atoms with Gasteiger partial charge in [-0.3, -0.25) is 19.7 Å². The van der Waals surface area contributed by atoms with Crippen molar-refractivity contribution in [1.29, 1.82) is 0 Å². The zero-order valence-electron chi connectivity index (χ0n) is 17.9. The lowest BCUT2D eigenvalue weighted by molar-refractivity contribution is -0.133. The van der Waals surface area contributed by atoms with Crippen molar-refractivity contribution in [1.82, 2.24) is 15.7 Å². The molecule has 0 radical (unpaired) electrons. The molecule has 0 bridgehead atoms. The number of amides is 2. The van der Waals surface area contributed by atoms with Crippen molar-refractivity contribution in [2.24, 2.45) is 0 Å². The summed E-state index contributed by atoms with van der Waals surface area (Å²) in [5.41, 5.74) is 4.60. The molecule has 2 aromatic rings. The van der Waals surface area contributed by atoms with Gasteiger partial charge in [-0.15, -0.1) is 0 Å². The van der Waals surface area contributed by atoms with Crippen LogP contribution in [0, 0.1) is 11.8 Å². The fourth-order valence-electron chi connectivity index (χ4n) is 3.26. The van der Waals surface area contributed by atoms with Gasteiger partial charge in [0.2, 0.25) is 0 Å². The van der Waals surface area contributed by atoms with E-state index in [2.05, 4.69) is 34.2 Å². The van der Waals surface area contributed by atoms with Crippen LogP contribution in [0.1, 0.15) is 41.4 Å². The van der Waals surface area contributed by atoms with Crippen LogP contribution in [-0.2, 0) is 16.1 Å². The Bertz CT molecular complexity index is 972. The summed E-state index contributed by atoms with van der Waals surface area (Å²) in [7, 11) is 0. The maximum absolute atomic E-state index is 12.3. The highest BCUT2D eigenvalue weighted by atomic mass is 16.5. The van der Waals surface area contributed by atoms with Crippen LogP contribution in [0.4, 0.5) is 0 Å². The average molecular weight is 454 g/mol. The highest BCUT2D eigenvalue weighted by Crippen LogP contribution is 2.10. The molecule has 8 nitrogen and oxygen atoms in total. The quantitative estimate of drug-likeness (QED) is 0.300. The van der Waals surface area contributed by atoms with Crippen LogP contribution in [0.2, 0.25) is 0 Å². The number of ether oxygens (including phenoxy) is 1. The third kappa shape index (κ3) is 7.70. The molecule has 0 spiro atoms. The van der Waals surface area contributed by atoms with E-state index in [1.54, 1.807) is 24.3 Å². The molecule has 2 atom stereocenters. The van der Waals surface area contributed by atoms with Gasteiger partial charge in [0.1, 0.15) is 6.04 Å². The fourth-order valence-corrected chi connectivity index (χ4v) is 3.26. The molecule has 1 aliphatic heterocycles. The van der Waals surface area contributed by atoms with E-state index in [9.17, 15) is 14.7 Å². The summed E-state index contributed by atoms with van der Waals surface area (Å²) in [5, 5.41) is 20.7. The standard InChI is InChI=1S/C24H27N3O5.CH4/c1-17(28)22(24(30)26-31)25-23(29)21-10-8-19(9-11-21)3-2-18-4-6-20(7-5-18)16-27-12-14-32-15-13-27;/h4-11,17,22,28,31H,12-16H2,1H3,(H,25,29)(H,26,30);1H4/t17-,22+;/m1./s1. The van der Waals surface area contributed by atoms with E-state index in [1.807, 2.05) is 12.1 Å². The molecule has 3 rings (SSSR count). The highest BCUT2D eigenvalue weighted by molar-refractivity contribution is 5.97. The van der Waals surface area contributed by atoms with Crippen LogP contribution in [0.15, 0.2) is 48.5 Å². The minimum absolute atomic E-state index is 0. The summed E-state index contributed by atoms with van der Waals surface area (Å²) < 4.78 is 5.37. The lowest BCUT2D eigenvalue weighted by Crippen LogP contribution is -2.51. The van der Waals surface area contributed by atoms with Crippen LogP contribution >= 0.6 is 0 Å². The van der Waals surface area contributed by atoms with E-state index < -0.39 is 24.0 Å². The number of hydrogen-bond donors (Lipinski definition) is 4. The van der Waals surface area contributed by atoms with Crippen LogP contribution in [0.25, 0.3) is 0 Å². The Morgan fingerprint density at radius 2 is 1.58 bits per heavy atom. The van der Waals surface area contributed by atoms with Gasteiger partial charge in [0.25, 0.3) is 11.8 Å². The summed E-state index contributed by atoms with van der Waals surface area (Å²) in [6.45, 7) is 5.70. The molecule has 1 aliphatic rings. The molecule has 176 valence electrons. The van der Waals surface area contributed by atoms with Gasteiger partial charge in [-0.2, -0.15) is 0 Å². The smallest absolute Gasteiger partial charge is 0.268 e. The first kappa shape index (κ1) is 26.0. The lowest BCUT2D eigenvalue weighted by Gasteiger charge is -2.26. The Balaban J connectivity index is 0.00000385. The van der Waals surface area contributed by atoms with Crippen molar-refractivity contribution in [2.45, 2.75) is 33.0 Å². The predicted molar refractivity (Wildman–Crippen MR) is 125 cm³/mol. The fraction of sp³-hybridized carbons (Fsp3) is 0.360. The number of carbonyl (C=O) groups excluding carboxylic acids is 2. The topological polar surface area (TPSA) is 111 Å². The monoisotopic (exact) mass is 453 g/mol. The van der Waals surface area contributed by atoms with Gasteiger partial charge < -0.3 is 15.2 Å². The summed E-state index contributed by atoms with van der Waals surface area (Å²) in [5.74, 6) is 4.74. The Morgan fingerprint density at radius 1 is 1.03 bits per heavy atom. The number of benzene rings is 2. The number of carbonyl (C=O) groups is 2. The van der Waals surface area contributed by atoms with Gasteiger partial charge in [-0.25, -0.2) is 5.48 Å². The number of nitrogens with zero attached hydrogens (tertiary/aromatic N) is 1. The Hall–Kier alpha value is -3.22. The van der Waals surface area contributed by atoms with E-state index in [0.29, 0.717) is 5.56 Å². The van der Waals surface area contributed by atoms with Crippen LogP contribution in [0.5, 0.6) is 0 Å². The molecule has 4 N–H and O–H groups in total. The normalized spacial score (nSPS) is 15.2. The third-order valence-corrected chi connectivity index (χ3v) is 5.12. The second kappa shape index (κ2) is 12.7. The van der Waals surface area contributed by atoms with Gasteiger partial charge in [0.05, 0.1) is 19.3 Å². The molecular weight excluding hydrogens is 422 g/mol. The molecule has 0 saturated carbocycles. The molecule has 8 heteroatoms. The maximum atomic E-state index is 12.3. The maximum Gasteiger partial charge on any atom is 0.268 e. The first-order valence-corrected chi connectivity index (χ1v) is 10.4. The number of aliphatic hydroxyl groups is 1. The molecule has 2 aromatic carbocycles. The Kier molecular flexibility index (Phi) is 10.0. The molecule has 33 heavy (non-hydrogen) atoms. The molecule has 1 fully saturated rings. The minimum Gasteiger partial charge on any atom is -0.391 e. The number of hydrogen-bond acceptors (Lipinski definition) is 6. The van der Waals surface area contributed by atoms with E-state index >= 15 is 0 Å². The van der Waals surface area contributed by atoms with Crippen molar-refractivity contribution in [3.8, 4) is 11.8 Å². The third-order valence-electron chi connectivity index (χ3n) is 5.12. The van der Waals surface area contributed by atoms with Crippen molar-refractivity contribution in [2.75, 3.05) is 26.3 Å². The van der Waals surface area contributed by atoms with Gasteiger partial charge in [0, 0.05) is 36.3 Å². The first-order chi connectivity index (χ1) is 15.5. The van der Waals surface area contributed by atoms with Crippen molar-refractivity contribution in [3.63, 3.8) is 0 Å². The average Bonchev–Trinajstić information content (AvgIpc) is 2.82. The Labute approximate surface area is 194 Å². The summed E-state index contributed by atoms with van der Waals surface area (Å²) >= 11 is 0. The van der Waals surface area contributed by atoms with Gasteiger partial charge in [-0.05, 0) is 48.9 Å². The second-order valence-corrected chi connectivity index (χ2v) is 7.58. The van der Waals surface area contributed by atoms with E-state index in [-0.39, 0.29) is 7.43 Å². The first-order valence-electron chi connectivity index (χ1n) is 10.4. The van der Waals surface area contributed by atoms with E-state index in [4.69, 9.17) is 9.94 Å². The predicted octanol–water partition coefficient (Wildman–Crippen LogP) is 1.54. The Morgan fingerprint density at radius 3 is 2.09 bits per heavy atom. The highest BCUT2D eigenvalue weighted by Gasteiger charge is 2.25. The molecule has 2 amide bonds. The van der Waals surface area contributed by atoms with E-state index in [0.717, 1.165) is 44.0 Å². The van der Waals surface area contributed by atoms with Crippen LogP contribution in [0.3, 0.4) is 0 Å². The molecule has 0 aromatic heterocycles. The summed E-state index contributed by atoms with van der Waals surface area (Å²) in [6, 6.07) is 13.5. The molecule has 0 unspecified atom stereocenters. The van der Waals surface area contributed by atoms with Gasteiger partial charge >= 0.3 is 0 Å². The van der Waals surface area contributed by atoms with E-state index in [1.165, 1.54) is 18.0 Å². The van der Waals surface area contributed by atoms with Gasteiger partial charge in [0.15, 0.2) is 0 Å². The lowest BCUT2D eigenvalue weighted by atomic mass is 10.1. The number of rotatable bonds is 6. The SMILES string of the molecule is C.C[C@@H](O)[C@H](NC(=O)c1ccc(C#Cc2ccc(CN3CCOCC3)cc2)cc1)C(=O)NO. The van der Waals surface area contributed by atoms with Crippen molar-refractivity contribution >= 4 is 11.8 Å². The number of nitrogens with one attached hydrogen (secondary N) is 2.